The van der Waals surface area contributed by atoms with Gasteiger partial charge in [-0.2, -0.15) is 0 Å². The molecular formula is C16H17ClN2O. The van der Waals surface area contributed by atoms with Gasteiger partial charge in [0.1, 0.15) is 0 Å². The van der Waals surface area contributed by atoms with Crippen molar-refractivity contribution in [3.63, 3.8) is 0 Å². The number of rotatable bonds is 5. The van der Waals surface area contributed by atoms with Crippen molar-refractivity contribution in [1.29, 1.82) is 0 Å². The van der Waals surface area contributed by atoms with Crippen molar-refractivity contribution in [2.45, 2.75) is 13.5 Å². The lowest BCUT2D eigenvalue weighted by Gasteiger charge is -2.08. The van der Waals surface area contributed by atoms with E-state index in [1.54, 1.807) is 12.1 Å². The predicted octanol–water partition coefficient (Wildman–Crippen LogP) is 3.38. The van der Waals surface area contributed by atoms with Crippen LogP contribution >= 0.6 is 11.6 Å². The Kier molecular flexibility index (Phi) is 5.02. The summed E-state index contributed by atoms with van der Waals surface area (Å²) in [7, 11) is 0. The fourth-order valence-corrected chi connectivity index (χ4v) is 1.85. The minimum Gasteiger partial charge on any atom is -0.376 e. The van der Waals surface area contributed by atoms with Gasteiger partial charge in [-0.3, -0.25) is 4.79 Å². The van der Waals surface area contributed by atoms with Gasteiger partial charge in [-0.05, 0) is 36.8 Å². The Morgan fingerprint density at radius 2 is 1.70 bits per heavy atom. The molecule has 0 aromatic heterocycles. The molecule has 2 aromatic carbocycles. The van der Waals surface area contributed by atoms with Crippen LogP contribution in [0, 0.1) is 6.92 Å². The number of benzene rings is 2. The molecule has 3 nitrogen and oxygen atoms in total. The van der Waals surface area contributed by atoms with Crippen LogP contribution in [0.2, 0.25) is 5.02 Å². The van der Waals surface area contributed by atoms with Crippen LogP contribution in [0.4, 0.5) is 5.69 Å². The van der Waals surface area contributed by atoms with Crippen LogP contribution in [0.5, 0.6) is 0 Å². The van der Waals surface area contributed by atoms with Crippen LogP contribution in [-0.2, 0) is 11.3 Å². The monoisotopic (exact) mass is 288 g/mol. The topological polar surface area (TPSA) is 41.1 Å². The standard InChI is InChI=1S/C16H17ClN2O/c1-12-2-4-13(5-3-12)10-19-16(20)11-18-15-8-6-14(17)7-9-15/h2-9,18H,10-11H2,1H3,(H,19,20). The molecule has 0 unspecified atom stereocenters. The summed E-state index contributed by atoms with van der Waals surface area (Å²) >= 11 is 5.80. The molecule has 0 radical (unpaired) electrons. The number of hydrogen-bond acceptors (Lipinski definition) is 2. The molecule has 0 aliphatic heterocycles. The Balaban J connectivity index is 1.75. The molecule has 2 aromatic rings. The summed E-state index contributed by atoms with van der Waals surface area (Å²) in [4.78, 5) is 11.7. The molecule has 2 N–H and O–H groups in total. The minimum atomic E-state index is -0.0412. The van der Waals surface area contributed by atoms with Crippen molar-refractivity contribution < 1.29 is 4.79 Å². The van der Waals surface area contributed by atoms with Crippen molar-refractivity contribution in [3.05, 3.63) is 64.7 Å². The maximum Gasteiger partial charge on any atom is 0.239 e. The Morgan fingerprint density at radius 3 is 2.35 bits per heavy atom. The quantitative estimate of drug-likeness (QED) is 0.885. The lowest BCUT2D eigenvalue weighted by Crippen LogP contribution is -2.29. The van der Waals surface area contributed by atoms with Gasteiger partial charge in [-0.1, -0.05) is 41.4 Å². The lowest BCUT2D eigenvalue weighted by atomic mass is 10.1. The summed E-state index contributed by atoms with van der Waals surface area (Å²) in [5.41, 5.74) is 3.18. The highest BCUT2D eigenvalue weighted by Gasteiger charge is 2.01. The second kappa shape index (κ2) is 6.96. The first-order chi connectivity index (χ1) is 9.63. The van der Waals surface area contributed by atoms with E-state index in [2.05, 4.69) is 10.6 Å². The van der Waals surface area contributed by atoms with Gasteiger partial charge < -0.3 is 10.6 Å². The van der Waals surface area contributed by atoms with Gasteiger partial charge in [-0.15, -0.1) is 0 Å². The third kappa shape index (κ3) is 4.59. The Labute approximate surface area is 124 Å². The molecule has 0 atom stereocenters. The van der Waals surface area contributed by atoms with E-state index in [0.717, 1.165) is 11.3 Å². The van der Waals surface area contributed by atoms with E-state index < -0.39 is 0 Å². The minimum absolute atomic E-state index is 0.0412. The Hall–Kier alpha value is -2.00. The zero-order valence-corrected chi connectivity index (χ0v) is 12.1. The van der Waals surface area contributed by atoms with Gasteiger partial charge >= 0.3 is 0 Å². The van der Waals surface area contributed by atoms with E-state index in [1.807, 2.05) is 43.3 Å². The average molecular weight is 289 g/mol. The molecule has 4 heteroatoms. The van der Waals surface area contributed by atoms with Crippen LogP contribution in [-0.4, -0.2) is 12.5 Å². The van der Waals surface area contributed by atoms with Crippen molar-refractivity contribution in [3.8, 4) is 0 Å². The zero-order chi connectivity index (χ0) is 14.4. The fourth-order valence-electron chi connectivity index (χ4n) is 1.72. The van der Waals surface area contributed by atoms with E-state index in [1.165, 1.54) is 5.56 Å². The third-order valence-electron chi connectivity index (χ3n) is 2.91. The largest absolute Gasteiger partial charge is 0.376 e. The SMILES string of the molecule is Cc1ccc(CNC(=O)CNc2ccc(Cl)cc2)cc1. The van der Waals surface area contributed by atoms with Crippen molar-refractivity contribution in [1.82, 2.24) is 5.32 Å². The average Bonchev–Trinajstić information content (AvgIpc) is 2.46. The molecule has 2 rings (SSSR count). The molecule has 0 aliphatic carbocycles. The summed E-state index contributed by atoms with van der Waals surface area (Å²) in [6.07, 6.45) is 0. The van der Waals surface area contributed by atoms with Crippen LogP contribution in [0.25, 0.3) is 0 Å². The van der Waals surface area contributed by atoms with Gasteiger partial charge in [0.15, 0.2) is 0 Å². The molecule has 0 saturated carbocycles. The van der Waals surface area contributed by atoms with E-state index in [0.29, 0.717) is 11.6 Å². The summed E-state index contributed by atoms with van der Waals surface area (Å²) < 4.78 is 0. The predicted molar refractivity (Wildman–Crippen MR) is 83.0 cm³/mol. The van der Waals surface area contributed by atoms with Crippen LogP contribution < -0.4 is 10.6 Å². The highest BCUT2D eigenvalue weighted by molar-refractivity contribution is 6.30. The highest BCUT2D eigenvalue weighted by atomic mass is 35.5. The van der Waals surface area contributed by atoms with Gasteiger partial charge in [0.2, 0.25) is 5.91 Å². The molecule has 20 heavy (non-hydrogen) atoms. The zero-order valence-electron chi connectivity index (χ0n) is 11.3. The molecule has 0 heterocycles. The van der Waals surface area contributed by atoms with Crippen molar-refractivity contribution >= 4 is 23.2 Å². The van der Waals surface area contributed by atoms with E-state index in [-0.39, 0.29) is 12.5 Å². The fraction of sp³-hybridized carbons (Fsp3) is 0.188. The number of nitrogens with one attached hydrogen (secondary N) is 2. The molecule has 0 bridgehead atoms. The van der Waals surface area contributed by atoms with Gasteiger partial charge in [0, 0.05) is 17.3 Å². The van der Waals surface area contributed by atoms with E-state index in [4.69, 9.17) is 11.6 Å². The van der Waals surface area contributed by atoms with E-state index in [9.17, 15) is 4.79 Å². The summed E-state index contributed by atoms with van der Waals surface area (Å²) in [5, 5.41) is 6.60. The van der Waals surface area contributed by atoms with Crippen molar-refractivity contribution in [2.24, 2.45) is 0 Å². The molecule has 0 fully saturated rings. The number of aryl methyl sites for hydroxylation is 1. The third-order valence-corrected chi connectivity index (χ3v) is 3.16. The maximum absolute atomic E-state index is 11.7. The molecular weight excluding hydrogens is 272 g/mol. The first kappa shape index (κ1) is 14.4. The first-order valence-electron chi connectivity index (χ1n) is 6.45. The van der Waals surface area contributed by atoms with E-state index >= 15 is 0 Å². The van der Waals surface area contributed by atoms with Gasteiger partial charge in [0.25, 0.3) is 0 Å². The number of carbonyl (C=O) groups excluding carboxylic acids is 1. The normalized spacial score (nSPS) is 10.1. The summed E-state index contributed by atoms with van der Waals surface area (Å²) in [5.74, 6) is -0.0412. The van der Waals surface area contributed by atoms with Crippen LogP contribution in [0.15, 0.2) is 48.5 Å². The summed E-state index contributed by atoms with van der Waals surface area (Å²) in [6, 6.07) is 15.4. The number of halogens is 1. The molecule has 0 aliphatic rings. The van der Waals surface area contributed by atoms with Gasteiger partial charge in [-0.25, -0.2) is 0 Å². The second-order valence-electron chi connectivity index (χ2n) is 4.62. The molecule has 0 spiro atoms. The number of hydrogen-bond donors (Lipinski definition) is 2. The molecule has 0 saturated heterocycles. The van der Waals surface area contributed by atoms with Crippen LogP contribution in [0.1, 0.15) is 11.1 Å². The van der Waals surface area contributed by atoms with Crippen LogP contribution in [0.3, 0.4) is 0 Å². The highest BCUT2D eigenvalue weighted by Crippen LogP contribution is 2.12. The molecule has 1 amide bonds. The van der Waals surface area contributed by atoms with Crippen molar-refractivity contribution in [2.75, 3.05) is 11.9 Å². The number of amides is 1. The molecule has 104 valence electrons. The Bertz CT molecular complexity index is 513. The first-order valence-corrected chi connectivity index (χ1v) is 6.83. The smallest absolute Gasteiger partial charge is 0.239 e. The summed E-state index contributed by atoms with van der Waals surface area (Å²) in [6.45, 7) is 2.83. The maximum atomic E-state index is 11.7. The number of anilines is 1. The number of carbonyl (C=O) groups is 1. The lowest BCUT2D eigenvalue weighted by molar-refractivity contribution is -0.119. The Morgan fingerprint density at radius 1 is 1.05 bits per heavy atom. The van der Waals surface area contributed by atoms with Gasteiger partial charge in [0.05, 0.1) is 6.54 Å². The second-order valence-corrected chi connectivity index (χ2v) is 5.06.